The van der Waals surface area contributed by atoms with E-state index in [2.05, 4.69) is 56.3 Å². The quantitative estimate of drug-likeness (QED) is 0.692. The predicted molar refractivity (Wildman–Crippen MR) is 91.0 cm³/mol. The summed E-state index contributed by atoms with van der Waals surface area (Å²) in [6.45, 7) is 4.39. The average molecular weight is 296 g/mol. The van der Waals surface area contributed by atoms with Crippen molar-refractivity contribution in [2.45, 2.75) is 32.3 Å². The van der Waals surface area contributed by atoms with E-state index in [1.54, 1.807) is 11.3 Å². The number of thiophene rings is 1. The molecule has 0 aliphatic heterocycles. The first-order valence-electron chi connectivity index (χ1n) is 7.39. The summed E-state index contributed by atoms with van der Waals surface area (Å²) in [5.74, 6) is 0.548. The molecule has 1 nitrogen and oxygen atoms in total. The van der Waals surface area contributed by atoms with E-state index < -0.39 is 6.10 Å². The van der Waals surface area contributed by atoms with E-state index in [-0.39, 0.29) is 0 Å². The second kappa shape index (κ2) is 6.00. The SMILES string of the molecule is CC(C)c1ccc(CC(O)c2cc3ccccc3s2)cc1. The van der Waals surface area contributed by atoms with Crippen molar-refractivity contribution in [1.29, 1.82) is 0 Å². The monoisotopic (exact) mass is 296 g/mol. The largest absolute Gasteiger partial charge is 0.387 e. The number of hydrogen-bond acceptors (Lipinski definition) is 2. The van der Waals surface area contributed by atoms with E-state index in [1.165, 1.54) is 21.2 Å². The third kappa shape index (κ3) is 3.17. The smallest absolute Gasteiger partial charge is 0.0922 e. The van der Waals surface area contributed by atoms with Crippen molar-refractivity contribution in [3.05, 3.63) is 70.6 Å². The van der Waals surface area contributed by atoms with Gasteiger partial charge >= 0.3 is 0 Å². The summed E-state index contributed by atoms with van der Waals surface area (Å²) in [4.78, 5) is 1.05. The maximum Gasteiger partial charge on any atom is 0.0922 e. The summed E-state index contributed by atoms with van der Waals surface area (Å²) in [7, 11) is 0. The zero-order valence-electron chi connectivity index (χ0n) is 12.4. The summed E-state index contributed by atoms with van der Waals surface area (Å²) in [6.07, 6.45) is 0.248. The maximum atomic E-state index is 10.5. The van der Waals surface area contributed by atoms with Crippen LogP contribution in [0.4, 0.5) is 0 Å². The van der Waals surface area contributed by atoms with Crippen molar-refractivity contribution in [3.63, 3.8) is 0 Å². The van der Waals surface area contributed by atoms with E-state index in [0.29, 0.717) is 12.3 Å². The molecule has 1 aromatic heterocycles. The van der Waals surface area contributed by atoms with E-state index in [1.807, 2.05) is 12.1 Å². The molecule has 0 spiro atoms. The van der Waals surface area contributed by atoms with Gasteiger partial charge < -0.3 is 5.11 Å². The summed E-state index contributed by atoms with van der Waals surface area (Å²) in [5, 5.41) is 11.7. The van der Waals surface area contributed by atoms with Crippen molar-refractivity contribution in [3.8, 4) is 0 Å². The van der Waals surface area contributed by atoms with Crippen LogP contribution in [0.15, 0.2) is 54.6 Å². The lowest BCUT2D eigenvalue weighted by atomic mass is 9.99. The number of fused-ring (bicyclic) bond motifs is 1. The van der Waals surface area contributed by atoms with E-state index in [4.69, 9.17) is 0 Å². The molecular formula is C19H20OS. The highest BCUT2D eigenvalue weighted by Crippen LogP contribution is 2.31. The minimum Gasteiger partial charge on any atom is -0.387 e. The summed E-state index contributed by atoms with van der Waals surface area (Å²) < 4.78 is 1.24. The van der Waals surface area contributed by atoms with Crippen molar-refractivity contribution >= 4 is 21.4 Å². The molecule has 1 heterocycles. The van der Waals surface area contributed by atoms with Crippen LogP contribution in [0.25, 0.3) is 10.1 Å². The van der Waals surface area contributed by atoms with Gasteiger partial charge in [-0.3, -0.25) is 0 Å². The first kappa shape index (κ1) is 14.3. The number of rotatable bonds is 4. The molecule has 0 saturated carbocycles. The van der Waals surface area contributed by atoms with Gasteiger partial charge in [-0.05, 0) is 34.6 Å². The van der Waals surface area contributed by atoms with Crippen molar-refractivity contribution in [2.24, 2.45) is 0 Å². The molecule has 3 rings (SSSR count). The molecule has 1 atom stereocenters. The van der Waals surface area contributed by atoms with Gasteiger partial charge in [-0.1, -0.05) is 56.3 Å². The maximum absolute atomic E-state index is 10.5. The van der Waals surface area contributed by atoms with E-state index in [0.717, 1.165) is 4.88 Å². The van der Waals surface area contributed by atoms with Gasteiger partial charge in [-0.15, -0.1) is 11.3 Å². The Morgan fingerprint density at radius 1 is 1.00 bits per heavy atom. The van der Waals surface area contributed by atoms with Crippen LogP contribution in [0.3, 0.4) is 0 Å². The molecule has 0 fully saturated rings. The molecule has 108 valence electrons. The number of aliphatic hydroxyl groups excluding tert-OH is 1. The van der Waals surface area contributed by atoms with Crippen LogP contribution < -0.4 is 0 Å². The Kier molecular flexibility index (Phi) is 4.09. The van der Waals surface area contributed by atoms with Crippen molar-refractivity contribution in [2.75, 3.05) is 0 Å². The highest BCUT2D eigenvalue weighted by atomic mass is 32.1. The van der Waals surface area contributed by atoms with E-state index in [9.17, 15) is 5.11 Å². The average Bonchev–Trinajstić information content (AvgIpc) is 2.92. The molecule has 2 heteroatoms. The van der Waals surface area contributed by atoms with Crippen LogP contribution in [0, 0.1) is 0 Å². The molecule has 0 bridgehead atoms. The van der Waals surface area contributed by atoms with E-state index >= 15 is 0 Å². The Hall–Kier alpha value is -1.64. The zero-order valence-corrected chi connectivity index (χ0v) is 13.2. The van der Waals surface area contributed by atoms with Crippen LogP contribution in [-0.2, 0) is 6.42 Å². The van der Waals surface area contributed by atoms with Gasteiger partial charge in [0.15, 0.2) is 0 Å². The molecule has 0 saturated heterocycles. The molecule has 1 N–H and O–H groups in total. The molecule has 3 aromatic rings. The lowest BCUT2D eigenvalue weighted by Gasteiger charge is -2.10. The van der Waals surface area contributed by atoms with Crippen LogP contribution in [0.2, 0.25) is 0 Å². The highest BCUT2D eigenvalue weighted by Gasteiger charge is 2.12. The second-order valence-electron chi connectivity index (χ2n) is 5.80. The first-order chi connectivity index (χ1) is 10.1. The van der Waals surface area contributed by atoms with Gasteiger partial charge in [-0.25, -0.2) is 0 Å². The normalized spacial score (nSPS) is 13.0. The Morgan fingerprint density at radius 3 is 2.38 bits per heavy atom. The van der Waals surface area contributed by atoms with Crippen LogP contribution in [0.5, 0.6) is 0 Å². The lowest BCUT2D eigenvalue weighted by Crippen LogP contribution is -1.99. The molecular weight excluding hydrogens is 276 g/mol. The van der Waals surface area contributed by atoms with Crippen molar-refractivity contribution < 1.29 is 5.11 Å². The fourth-order valence-corrected chi connectivity index (χ4v) is 3.58. The highest BCUT2D eigenvalue weighted by molar-refractivity contribution is 7.19. The van der Waals surface area contributed by atoms with Gasteiger partial charge in [0.05, 0.1) is 6.10 Å². The Bertz CT molecular complexity index is 692. The fourth-order valence-electron chi connectivity index (χ4n) is 2.53. The van der Waals surface area contributed by atoms with Crippen LogP contribution >= 0.6 is 11.3 Å². The Morgan fingerprint density at radius 2 is 1.71 bits per heavy atom. The minimum atomic E-state index is -0.424. The number of aliphatic hydroxyl groups is 1. The molecule has 0 amide bonds. The molecule has 21 heavy (non-hydrogen) atoms. The minimum absolute atomic E-state index is 0.424. The summed E-state index contributed by atoms with van der Waals surface area (Å²) in [6, 6.07) is 19.0. The summed E-state index contributed by atoms with van der Waals surface area (Å²) >= 11 is 1.68. The van der Waals surface area contributed by atoms with Gasteiger partial charge in [0, 0.05) is 16.0 Å². The van der Waals surface area contributed by atoms with Gasteiger partial charge in [-0.2, -0.15) is 0 Å². The topological polar surface area (TPSA) is 20.2 Å². The first-order valence-corrected chi connectivity index (χ1v) is 8.20. The second-order valence-corrected chi connectivity index (χ2v) is 6.92. The Balaban J connectivity index is 1.77. The third-order valence-corrected chi connectivity index (χ3v) is 5.07. The molecule has 2 aromatic carbocycles. The van der Waals surface area contributed by atoms with Crippen LogP contribution in [-0.4, -0.2) is 5.11 Å². The zero-order chi connectivity index (χ0) is 14.8. The number of hydrogen-bond donors (Lipinski definition) is 1. The van der Waals surface area contributed by atoms with Crippen molar-refractivity contribution in [1.82, 2.24) is 0 Å². The van der Waals surface area contributed by atoms with Gasteiger partial charge in [0.2, 0.25) is 0 Å². The molecule has 0 aliphatic carbocycles. The van der Waals surface area contributed by atoms with Gasteiger partial charge in [0.25, 0.3) is 0 Å². The molecule has 0 aliphatic rings. The third-order valence-electron chi connectivity index (χ3n) is 3.85. The summed E-state index contributed by atoms with van der Waals surface area (Å²) in [5.41, 5.74) is 2.53. The fraction of sp³-hybridized carbons (Fsp3) is 0.263. The number of benzene rings is 2. The molecule has 1 unspecified atom stereocenters. The van der Waals surface area contributed by atoms with Gasteiger partial charge in [0.1, 0.15) is 0 Å². The lowest BCUT2D eigenvalue weighted by molar-refractivity contribution is 0.182. The van der Waals surface area contributed by atoms with Crippen LogP contribution in [0.1, 0.15) is 41.9 Å². The Labute approximate surface area is 129 Å². The molecule has 0 radical (unpaired) electrons. The standard InChI is InChI=1S/C19H20OS/c1-13(2)15-9-7-14(8-10-15)11-17(20)19-12-16-5-3-4-6-18(16)21-19/h3-10,12-13,17,20H,11H2,1-2H3. The predicted octanol–water partition coefficient (Wildman–Crippen LogP) is 5.30.